The van der Waals surface area contributed by atoms with E-state index in [9.17, 15) is 18.0 Å². The van der Waals surface area contributed by atoms with Gasteiger partial charge >= 0.3 is 0 Å². The van der Waals surface area contributed by atoms with Gasteiger partial charge in [0, 0.05) is 24.5 Å². The Hall–Kier alpha value is -3.56. The molecule has 0 bridgehead atoms. The van der Waals surface area contributed by atoms with Crippen molar-refractivity contribution in [2.75, 3.05) is 17.4 Å². The lowest BCUT2D eigenvalue weighted by Crippen LogP contribution is -2.53. The minimum atomic E-state index is -4.30. The highest BCUT2D eigenvalue weighted by atomic mass is 35.5. The van der Waals surface area contributed by atoms with Crippen LogP contribution in [0.5, 0.6) is 0 Å². The number of halogens is 3. The molecule has 2 amide bonds. The molecule has 0 heterocycles. The molecular formula is C32H30Cl3N3O4S. The van der Waals surface area contributed by atoms with Gasteiger partial charge in [-0.2, -0.15) is 0 Å². The highest BCUT2D eigenvalue weighted by molar-refractivity contribution is 7.92. The molecule has 1 N–H and O–H groups in total. The van der Waals surface area contributed by atoms with Crippen LogP contribution in [0.1, 0.15) is 18.1 Å². The number of nitrogens with zero attached hydrogens (tertiary/aromatic N) is 2. The molecule has 11 heteroatoms. The number of amides is 2. The van der Waals surface area contributed by atoms with Gasteiger partial charge in [0.05, 0.1) is 20.6 Å². The smallest absolute Gasteiger partial charge is 0.264 e. The Morgan fingerprint density at radius 3 is 2.09 bits per heavy atom. The summed E-state index contributed by atoms with van der Waals surface area (Å²) in [5, 5.41) is 3.39. The van der Waals surface area contributed by atoms with Crippen LogP contribution in [-0.4, -0.2) is 44.3 Å². The van der Waals surface area contributed by atoms with Crippen LogP contribution < -0.4 is 9.62 Å². The molecule has 4 rings (SSSR count). The lowest BCUT2D eigenvalue weighted by Gasteiger charge is -2.34. The molecule has 224 valence electrons. The van der Waals surface area contributed by atoms with Crippen LogP contribution in [0.15, 0.2) is 108 Å². The van der Waals surface area contributed by atoms with Crippen molar-refractivity contribution in [1.82, 2.24) is 10.2 Å². The molecule has 0 aliphatic rings. The van der Waals surface area contributed by atoms with Crippen LogP contribution >= 0.6 is 34.8 Å². The molecule has 0 radical (unpaired) electrons. The highest BCUT2D eigenvalue weighted by Gasteiger charge is 2.35. The van der Waals surface area contributed by atoms with E-state index >= 15 is 0 Å². The van der Waals surface area contributed by atoms with E-state index in [1.165, 1.54) is 29.2 Å². The Morgan fingerprint density at radius 1 is 0.814 bits per heavy atom. The number of carbonyl (C=O) groups excluding carboxylic acids is 2. The lowest BCUT2D eigenvalue weighted by atomic mass is 10.0. The van der Waals surface area contributed by atoms with E-state index in [0.717, 1.165) is 9.87 Å². The second-order valence-electron chi connectivity index (χ2n) is 9.65. The highest BCUT2D eigenvalue weighted by Crippen LogP contribution is 2.35. The quantitative estimate of drug-likeness (QED) is 0.185. The van der Waals surface area contributed by atoms with Gasteiger partial charge in [-0.1, -0.05) is 102 Å². The first-order valence-electron chi connectivity index (χ1n) is 13.5. The zero-order valence-corrected chi connectivity index (χ0v) is 26.4. The molecule has 0 spiro atoms. The third-order valence-electron chi connectivity index (χ3n) is 6.67. The normalized spacial score (nSPS) is 11.9. The van der Waals surface area contributed by atoms with Gasteiger partial charge in [0.2, 0.25) is 11.8 Å². The predicted octanol–water partition coefficient (Wildman–Crippen LogP) is 6.62. The first kappa shape index (κ1) is 32.4. The van der Waals surface area contributed by atoms with Crippen molar-refractivity contribution in [3.05, 3.63) is 129 Å². The summed E-state index contributed by atoms with van der Waals surface area (Å²) in [4.78, 5) is 29.2. The van der Waals surface area contributed by atoms with E-state index in [2.05, 4.69) is 5.32 Å². The van der Waals surface area contributed by atoms with Crippen LogP contribution in [0, 0.1) is 0 Å². The van der Waals surface area contributed by atoms with Gasteiger partial charge in [0.1, 0.15) is 12.6 Å². The fourth-order valence-electron chi connectivity index (χ4n) is 4.60. The molecule has 1 unspecified atom stereocenters. The van der Waals surface area contributed by atoms with E-state index in [4.69, 9.17) is 34.8 Å². The number of hydrogen-bond acceptors (Lipinski definition) is 4. The van der Waals surface area contributed by atoms with Crippen molar-refractivity contribution >= 4 is 62.3 Å². The second-order valence-corrected chi connectivity index (χ2v) is 12.7. The molecule has 0 aliphatic carbocycles. The van der Waals surface area contributed by atoms with Crippen molar-refractivity contribution in [3.8, 4) is 0 Å². The summed E-state index contributed by atoms with van der Waals surface area (Å²) >= 11 is 19.0. The van der Waals surface area contributed by atoms with Crippen molar-refractivity contribution in [2.24, 2.45) is 0 Å². The molecule has 0 saturated carbocycles. The molecular weight excluding hydrogens is 629 g/mol. The molecule has 1 atom stereocenters. The van der Waals surface area contributed by atoms with Crippen LogP contribution in [0.2, 0.25) is 15.1 Å². The van der Waals surface area contributed by atoms with Crippen molar-refractivity contribution < 1.29 is 18.0 Å². The van der Waals surface area contributed by atoms with Gasteiger partial charge in [0.15, 0.2) is 0 Å². The first-order valence-corrected chi connectivity index (χ1v) is 16.1. The molecule has 0 saturated heterocycles. The largest absolute Gasteiger partial charge is 0.355 e. The Labute approximate surface area is 267 Å². The molecule has 4 aromatic rings. The summed E-state index contributed by atoms with van der Waals surface area (Å²) in [6.45, 7) is 1.48. The maximum absolute atomic E-state index is 14.4. The minimum Gasteiger partial charge on any atom is -0.355 e. The van der Waals surface area contributed by atoms with E-state index in [0.29, 0.717) is 17.1 Å². The molecule has 0 fully saturated rings. The topological polar surface area (TPSA) is 86.8 Å². The van der Waals surface area contributed by atoms with Crippen LogP contribution in [0.4, 0.5) is 5.69 Å². The Kier molecular flexibility index (Phi) is 11.1. The molecule has 4 aromatic carbocycles. The molecule has 0 aromatic heterocycles. The number of carbonyl (C=O) groups is 2. The number of nitrogens with one attached hydrogen (secondary N) is 1. The van der Waals surface area contributed by atoms with E-state index in [1.54, 1.807) is 55.5 Å². The summed E-state index contributed by atoms with van der Waals surface area (Å²) in [6.07, 6.45) is 0.197. The standard InChI is InChI=1S/C32H30Cl3N3O4S/c1-2-36-32(40)29(20-23-11-5-3-6-12-23)37(21-24-13-9-14-25(33)19-24)30(39)22-38(28-18-10-17-27(34)31(28)35)43(41,42)26-15-7-4-8-16-26/h3-19,29H,2,20-22H2,1H3,(H,36,40). The number of benzene rings is 4. The number of anilines is 1. The third-order valence-corrected chi connectivity index (χ3v) is 9.49. The van der Waals surface area contributed by atoms with Crippen LogP contribution in [0.25, 0.3) is 0 Å². The molecule has 0 aliphatic heterocycles. The van der Waals surface area contributed by atoms with E-state index < -0.39 is 28.5 Å². The van der Waals surface area contributed by atoms with Gasteiger partial charge in [-0.25, -0.2) is 8.42 Å². The maximum atomic E-state index is 14.4. The van der Waals surface area contributed by atoms with Gasteiger partial charge in [-0.05, 0) is 54.4 Å². The molecule has 7 nitrogen and oxygen atoms in total. The number of rotatable bonds is 12. The fourth-order valence-corrected chi connectivity index (χ4v) is 6.70. The Morgan fingerprint density at radius 2 is 1.44 bits per heavy atom. The van der Waals surface area contributed by atoms with E-state index in [1.807, 2.05) is 30.3 Å². The minimum absolute atomic E-state index is 0.00344. The molecule has 43 heavy (non-hydrogen) atoms. The summed E-state index contributed by atoms with van der Waals surface area (Å²) in [6, 6.07) is 27.6. The third kappa shape index (κ3) is 8.09. The van der Waals surface area contributed by atoms with Crippen molar-refractivity contribution in [2.45, 2.75) is 30.8 Å². The zero-order chi connectivity index (χ0) is 31.0. The maximum Gasteiger partial charge on any atom is 0.264 e. The number of sulfonamides is 1. The fraction of sp³-hybridized carbons (Fsp3) is 0.188. The van der Waals surface area contributed by atoms with Crippen molar-refractivity contribution in [3.63, 3.8) is 0 Å². The van der Waals surface area contributed by atoms with Gasteiger partial charge in [0.25, 0.3) is 10.0 Å². The van der Waals surface area contributed by atoms with Crippen LogP contribution in [0.3, 0.4) is 0 Å². The van der Waals surface area contributed by atoms with Gasteiger partial charge < -0.3 is 10.2 Å². The monoisotopic (exact) mass is 657 g/mol. The second kappa shape index (κ2) is 14.8. The Balaban J connectivity index is 1.82. The SMILES string of the molecule is CCNC(=O)C(Cc1ccccc1)N(Cc1cccc(Cl)c1)C(=O)CN(c1cccc(Cl)c1Cl)S(=O)(=O)c1ccccc1. The Bertz CT molecular complexity index is 1670. The zero-order valence-electron chi connectivity index (χ0n) is 23.3. The summed E-state index contributed by atoms with van der Waals surface area (Å²) < 4.78 is 29.0. The first-order chi connectivity index (χ1) is 20.6. The number of likely N-dealkylation sites (N-methyl/N-ethyl adjacent to an activating group) is 1. The summed E-state index contributed by atoms with van der Waals surface area (Å²) in [5.41, 5.74) is 1.53. The van der Waals surface area contributed by atoms with Gasteiger partial charge in [-0.15, -0.1) is 0 Å². The van der Waals surface area contributed by atoms with Crippen molar-refractivity contribution in [1.29, 1.82) is 0 Å². The van der Waals surface area contributed by atoms with Gasteiger partial charge in [-0.3, -0.25) is 13.9 Å². The average Bonchev–Trinajstić information content (AvgIpc) is 3.00. The summed E-state index contributed by atoms with van der Waals surface area (Å²) in [7, 11) is -4.30. The number of hydrogen-bond donors (Lipinski definition) is 1. The predicted molar refractivity (Wildman–Crippen MR) is 172 cm³/mol. The summed E-state index contributed by atoms with van der Waals surface area (Å²) in [5.74, 6) is -0.998. The van der Waals surface area contributed by atoms with Crippen LogP contribution in [-0.2, 0) is 32.6 Å². The lowest BCUT2D eigenvalue weighted by molar-refractivity contribution is -0.140. The van der Waals surface area contributed by atoms with E-state index in [-0.39, 0.29) is 39.5 Å². The average molecular weight is 659 g/mol.